The van der Waals surface area contributed by atoms with Crippen LogP contribution in [0.15, 0.2) is 50.0 Å². The second-order valence-corrected chi connectivity index (χ2v) is 5.47. The largest absolute Gasteiger partial charge is 0.464 e. The van der Waals surface area contributed by atoms with Crippen LogP contribution in [0.2, 0.25) is 0 Å². The Bertz CT molecular complexity index is 887. The van der Waals surface area contributed by atoms with Gasteiger partial charge in [-0.15, -0.1) is 0 Å². The number of hydrogen-bond donors (Lipinski definition) is 1. The molecule has 3 aromatic rings. The van der Waals surface area contributed by atoms with Crippen LogP contribution in [0, 0.1) is 6.92 Å². The normalized spacial score (nSPS) is 12.4. The van der Waals surface area contributed by atoms with Crippen LogP contribution in [-0.2, 0) is 11.3 Å². The van der Waals surface area contributed by atoms with Gasteiger partial charge < -0.3 is 14.2 Å². The number of aromatic nitrogens is 1. The second-order valence-electron chi connectivity index (χ2n) is 5.47. The van der Waals surface area contributed by atoms with Gasteiger partial charge in [-0.25, -0.2) is 4.79 Å². The van der Waals surface area contributed by atoms with Crippen molar-refractivity contribution < 1.29 is 13.6 Å². The van der Waals surface area contributed by atoms with Gasteiger partial charge in [-0.3, -0.25) is 9.36 Å². The number of rotatable bonds is 5. The van der Waals surface area contributed by atoms with Crippen molar-refractivity contribution in [2.75, 3.05) is 0 Å². The number of oxazole rings is 1. The molecule has 1 N–H and O–H groups in total. The van der Waals surface area contributed by atoms with Gasteiger partial charge in [-0.05, 0) is 38.1 Å². The molecule has 0 spiro atoms. The molecular weight excluding hydrogens is 296 g/mol. The Morgan fingerprint density at radius 2 is 2.00 bits per heavy atom. The third kappa shape index (κ3) is 3.21. The minimum absolute atomic E-state index is 0.149. The molecule has 0 saturated heterocycles. The third-order valence-electron chi connectivity index (χ3n) is 3.70. The fourth-order valence-electron chi connectivity index (χ4n) is 2.51. The molecular formula is C17H18N2O4. The van der Waals surface area contributed by atoms with Crippen molar-refractivity contribution in [3.05, 3.63) is 58.5 Å². The topological polar surface area (TPSA) is 77.4 Å². The molecule has 23 heavy (non-hydrogen) atoms. The van der Waals surface area contributed by atoms with Gasteiger partial charge in [0.25, 0.3) is 0 Å². The average Bonchev–Trinajstić information content (AvgIpc) is 3.08. The number of furan rings is 1. The number of hydrogen-bond acceptors (Lipinski definition) is 4. The molecule has 0 bridgehead atoms. The number of carbonyl (C=O) groups excluding carboxylic acids is 1. The van der Waals surface area contributed by atoms with Crippen LogP contribution >= 0.6 is 0 Å². The Morgan fingerprint density at radius 1 is 1.22 bits per heavy atom. The Balaban J connectivity index is 1.64. The van der Waals surface area contributed by atoms with Crippen molar-refractivity contribution in [1.29, 1.82) is 0 Å². The zero-order valence-electron chi connectivity index (χ0n) is 13.0. The lowest BCUT2D eigenvalue weighted by molar-refractivity contribution is -0.122. The van der Waals surface area contributed by atoms with Crippen molar-refractivity contribution in [3.8, 4) is 0 Å². The summed E-state index contributed by atoms with van der Waals surface area (Å²) >= 11 is 0. The molecule has 0 aliphatic carbocycles. The minimum Gasteiger partial charge on any atom is -0.464 e. The highest BCUT2D eigenvalue weighted by atomic mass is 16.4. The van der Waals surface area contributed by atoms with E-state index < -0.39 is 5.76 Å². The number of benzene rings is 1. The fraction of sp³-hybridized carbons (Fsp3) is 0.294. The fourth-order valence-corrected chi connectivity index (χ4v) is 2.51. The van der Waals surface area contributed by atoms with E-state index in [1.807, 2.05) is 32.0 Å². The summed E-state index contributed by atoms with van der Waals surface area (Å²) in [7, 11) is 0. The lowest BCUT2D eigenvalue weighted by Crippen LogP contribution is -2.28. The maximum absolute atomic E-state index is 12.1. The zero-order chi connectivity index (χ0) is 16.4. The summed E-state index contributed by atoms with van der Waals surface area (Å²) in [5.41, 5.74) is 1.22. The first-order chi connectivity index (χ1) is 11.0. The first kappa shape index (κ1) is 15.1. The summed E-state index contributed by atoms with van der Waals surface area (Å²) in [6.07, 6.45) is 0.188. The SMILES string of the molecule is Cc1ccc(C(C)NC(=O)CCn2c(=O)oc3ccccc32)o1. The quantitative estimate of drug-likeness (QED) is 0.785. The van der Waals surface area contributed by atoms with Crippen molar-refractivity contribution in [1.82, 2.24) is 9.88 Å². The monoisotopic (exact) mass is 314 g/mol. The van der Waals surface area contributed by atoms with E-state index in [1.165, 1.54) is 4.57 Å². The van der Waals surface area contributed by atoms with E-state index in [1.54, 1.807) is 18.2 Å². The van der Waals surface area contributed by atoms with Crippen molar-refractivity contribution in [3.63, 3.8) is 0 Å². The van der Waals surface area contributed by atoms with Gasteiger partial charge in [0.15, 0.2) is 5.58 Å². The Morgan fingerprint density at radius 3 is 2.74 bits per heavy atom. The standard InChI is InChI=1S/C17H18N2O4/c1-11-7-8-14(22-11)12(2)18-16(20)9-10-19-13-5-3-4-6-15(13)23-17(19)21/h3-8,12H,9-10H2,1-2H3,(H,18,20). The predicted octanol–water partition coefficient (Wildman–Crippen LogP) is 2.76. The van der Waals surface area contributed by atoms with E-state index >= 15 is 0 Å². The van der Waals surface area contributed by atoms with E-state index in [0.717, 1.165) is 5.76 Å². The maximum atomic E-state index is 12.1. The van der Waals surface area contributed by atoms with Crippen LogP contribution in [-0.4, -0.2) is 10.5 Å². The molecule has 0 saturated carbocycles. The number of para-hydroxylation sites is 2. The third-order valence-corrected chi connectivity index (χ3v) is 3.70. The highest BCUT2D eigenvalue weighted by Gasteiger charge is 2.14. The summed E-state index contributed by atoms with van der Waals surface area (Å²) in [6.45, 7) is 3.98. The number of amides is 1. The number of fused-ring (bicyclic) bond motifs is 1. The first-order valence-corrected chi connectivity index (χ1v) is 7.48. The number of nitrogens with zero attached hydrogens (tertiary/aromatic N) is 1. The van der Waals surface area contributed by atoms with Crippen LogP contribution in [0.5, 0.6) is 0 Å². The van der Waals surface area contributed by atoms with Gasteiger partial charge >= 0.3 is 5.76 Å². The highest BCUT2D eigenvalue weighted by Crippen LogP contribution is 2.16. The summed E-state index contributed by atoms with van der Waals surface area (Å²) in [4.78, 5) is 23.9. The van der Waals surface area contributed by atoms with E-state index in [2.05, 4.69) is 5.32 Å². The molecule has 3 rings (SSSR count). The van der Waals surface area contributed by atoms with Gasteiger partial charge in [-0.1, -0.05) is 12.1 Å². The molecule has 1 amide bonds. The molecule has 0 aliphatic heterocycles. The van der Waals surface area contributed by atoms with Gasteiger partial charge in [0, 0.05) is 13.0 Å². The van der Waals surface area contributed by atoms with Gasteiger partial charge in [0.05, 0.1) is 11.6 Å². The molecule has 1 aromatic carbocycles. The van der Waals surface area contributed by atoms with Crippen molar-refractivity contribution in [2.24, 2.45) is 0 Å². The summed E-state index contributed by atoms with van der Waals surface area (Å²) < 4.78 is 12.1. The Labute approximate surface area is 132 Å². The van der Waals surface area contributed by atoms with Crippen molar-refractivity contribution >= 4 is 17.0 Å². The minimum atomic E-state index is -0.450. The molecule has 6 heteroatoms. The molecule has 120 valence electrons. The number of aryl methyl sites for hydroxylation is 2. The molecule has 2 heterocycles. The Kier molecular flexibility index (Phi) is 4.06. The van der Waals surface area contributed by atoms with Gasteiger partial charge in [0.1, 0.15) is 11.5 Å². The van der Waals surface area contributed by atoms with E-state index in [4.69, 9.17) is 8.83 Å². The average molecular weight is 314 g/mol. The Hall–Kier alpha value is -2.76. The first-order valence-electron chi connectivity index (χ1n) is 7.48. The lowest BCUT2D eigenvalue weighted by atomic mass is 10.2. The molecule has 0 fully saturated rings. The molecule has 2 aromatic heterocycles. The number of nitrogens with one attached hydrogen (secondary N) is 1. The summed E-state index contributed by atoms with van der Waals surface area (Å²) in [6, 6.07) is 10.6. The predicted molar refractivity (Wildman–Crippen MR) is 85.1 cm³/mol. The van der Waals surface area contributed by atoms with Gasteiger partial charge in [-0.2, -0.15) is 0 Å². The van der Waals surface area contributed by atoms with Crippen LogP contribution in [0.3, 0.4) is 0 Å². The summed E-state index contributed by atoms with van der Waals surface area (Å²) in [5.74, 6) is 0.914. The number of carbonyl (C=O) groups is 1. The smallest absolute Gasteiger partial charge is 0.419 e. The molecule has 6 nitrogen and oxygen atoms in total. The van der Waals surface area contributed by atoms with Crippen molar-refractivity contribution in [2.45, 2.75) is 32.9 Å². The van der Waals surface area contributed by atoms with Crippen LogP contribution < -0.4 is 11.1 Å². The second kappa shape index (κ2) is 6.16. The molecule has 0 radical (unpaired) electrons. The van der Waals surface area contributed by atoms with E-state index in [-0.39, 0.29) is 24.9 Å². The van der Waals surface area contributed by atoms with Crippen LogP contribution in [0.25, 0.3) is 11.1 Å². The lowest BCUT2D eigenvalue weighted by Gasteiger charge is -2.11. The highest BCUT2D eigenvalue weighted by molar-refractivity contribution is 5.77. The van der Waals surface area contributed by atoms with Crippen LogP contribution in [0.4, 0.5) is 0 Å². The van der Waals surface area contributed by atoms with Crippen LogP contribution in [0.1, 0.15) is 30.9 Å². The van der Waals surface area contributed by atoms with Gasteiger partial charge in [0.2, 0.25) is 5.91 Å². The molecule has 1 atom stereocenters. The van der Waals surface area contributed by atoms with E-state index in [9.17, 15) is 9.59 Å². The molecule has 1 unspecified atom stereocenters. The van der Waals surface area contributed by atoms with E-state index in [0.29, 0.717) is 16.9 Å². The molecule has 0 aliphatic rings. The zero-order valence-corrected chi connectivity index (χ0v) is 13.0. The summed E-state index contributed by atoms with van der Waals surface area (Å²) in [5, 5.41) is 2.86. The maximum Gasteiger partial charge on any atom is 0.419 e.